The van der Waals surface area contributed by atoms with Crippen molar-refractivity contribution in [3.8, 4) is 0 Å². The fraction of sp³-hybridized carbons (Fsp3) is 0.385. The Morgan fingerprint density at radius 2 is 2.05 bits per heavy atom. The molecular formula is C13H16Br2N2O3. The lowest BCUT2D eigenvalue weighted by atomic mass is 10.1. The minimum absolute atomic E-state index is 0.416. The Bertz CT molecular complexity index is 495. The van der Waals surface area contributed by atoms with Crippen LogP contribution in [0.25, 0.3) is 0 Å². The van der Waals surface area contributed by atoms with Crippen LogP contribution >= 0.6 is 31.9 Å². The molecule has 5 nitrogen and oxygen atoms in total. The number of carboxylic acids is 1. The molecule has 0 spiro atoms. The van der Waals surface area contributed by atoms with E-state index in [2.05, 4.69) is 42.5 Å². The number of aliphatic carboxylic acids is 1. The van der Waals surface area contributed by atoms with Crippen molar-refractivity contribution in [1.82, 2.24) is 5.32 Å². The molecule has 0 aliphatic carbocycles. The highest BCUT2D eigenvalue weighted by Gasteiger charge is 2.19. The van der Waals surface area contributed by atoms with Crippen LogP contribution in [-0.4, -0.2) is 23.1 Å². The van der Waals surface area contributed by atoms with Crippen molar-refractivity contribution in [3.05, 3.63) is 27.1 Å². The third-order valence-electron chi connectivity index (χ3n) is 2.63. The summed E-state index contributed by atoms with van der Waals surface area (Å²) in [6.07, 6.45) is 2.04. The molecule has 7 heteroatoms. The summed E-state index contributed by atoms with van der Waals surface area (Å²) in [7, 11) is 0. The van der Waals surface area contributed by atoms with Gasteiger partial charge < -0.3 is 15.7 Å². The molecule has 2 amide bonds. The van der Waals surface area contributed by atoms with Gasteiger partial charge in [-0.2, -0.15) is 0 Å². The van der Waals surface area contributed by atoms with Gasteiger partial charge in [-0.05, 0) is 40.5 Å². The van der Waals surface area contributed by atoms with Crippen LogP contribution in [0.2, 0.25) is 0 Å². The molecule has 0 saturated carbocycles. The summed E-state index contributed by atoms with van der Waals surface area (Å²) in [5, 5.41) is 14.1. The van der Waals surface area contributed by atoms with Crippen LogP contribution in [0.15, 0.2) is 27.1 Å². The highest BCUT2D eigenvalue weighted by atomic mass is 79.9. The first-order valence-electron chi connectivity index (χ1n) is 6.19. The first-order chi connectivity index (χ1) is 9.43. The van der Waals surface area contributed by atoms with E-state index >= 15 is 0 Å². The van der Waals surface area contributed by atoms with Gasteiger partial charge in [0.2, 0.25) is 0 Å². The lowest BCUT2D eigenvalue weighted by molar-refractivity contribution is -0.139. The summed E-state index contributed by atoms with van der Waals surface area (Å²) >= 11 is 6.62. The molecule has 3 N–H and O–H groups in total. The topological polar surface area (TPSA) is 78.4 Å². The highest BCUT2D eigenvalue weighted by Crippen LogP contribution is 2.26. The molecule has 1 aromatic carbocycles. The second-order valence-electron chi connectivity index (χ2n) is 4.26. The molecule has 0 aliphatic rings. The Balaban J connectivity index is 2.65. The van der Waals surface area contributed by atoms with Gasteiger partial charge in [-0.25, -0.2) is 9.59 Å². The standard InChI is InChI=1S/C13H16Br2N2O3/c1-2-3-4-10(12(18)19)16-13(20)17-11-7-8(14)5-6-9(11)15/h5-7,10H,2-4H2,1H3,(H,18,19)(H2,16,17,20). The van der Waals surface area contributed by atoms with E-state index in [4.69, 9.17) is 5.11 Å². The normalized spacial score (nSPS) is 11.8. The van der Waals surface area contributed by atoms with Crippen LogP contribution in [0, 0.1) is 0 Å². The van der Waals surface area contributed by atoms with Crippen LogP contribution in [0.5, 0.6) is 0 Å². The molecule has 110 valence electrons. The molecule has 0 saturated heterocycles. The van der Waals surface area contributed by atoms with E-state index in [9.17, 15) is 9.59 Å². The Labute approximate surface area is 134 Å². The molecule has 1 rings (SSSR count). The van der Waals surface area contributed by atoms with Crippen molar-refractivity contribution in [2.24, 2.45) is 0 Å². The van der Waals surface area contributed by atoms with Gasteiger partial charge in [-0.3, -0.25) is 0 Å². The maximum atomic E-state index is 11.8. The molecule has 1 aromatic rings. The number of hydrogen-bond donors (Lipinski definition) is 3. The van der Waals surface area contributed by atoms with Crippen LogP contribution in [0.3, 0.4) is 0 Å². The average molecular weight is 408 g/mol. The average Bonchev–Trinajstić information content (AvgIpc) is 2.38. The zero-order chi connectivity index (χ0) is 15.1. The number of anilines is 1. The van der Waals surface area contributed by atoms with Gasteiger partial charge in [0, 0.05) is 8.95 Å². The molecule has 20 heavy (non-hydrogen) atoms. The molecule has 0 aliphatic heterocycles. The van der Waals surface area contributed by atoms with E-state index in [1.54, 1.807) is 12.1 Å². The largest absolute Gasteiger partial charge is 0.480 e. The Hall–Kier alpha value is -1.08. The summed E-state index contributed by atoms with van der Waals surface area (Å²) in [5.74, 6) is -1.03. The minimum atomic E-state index is -1.03. The van der Waals surface area contributed by atoms with Crippen molar-refractivity contribution >= 4 is 49.5 Å². The number of carbonyl (C=O) groups is 2. The lowest BCUT2D eigenvalue weighted by Crippen LogP contribution is -2.43. The molecule has 0 aromatic heterocycles. The number of carbonyl (C=O) groups excluding carboxylic acids is 1. The lowest BCUT2D eigenvalue weighted by Gasteiger charge is -2.15. The molecule has 1 atom stereocenters. The number of benzene rings is 1. The van der Waals surface area contributed by atoms with Gasteiger partial charge in [-0.1, -0.05) is 35.7 Å². The van der Waals surface area contributed by atoms with E-state index in [0.29, 0.717) is 12.1 Å². The summed E-state index contributed by atoms with van der Waals surface area (Å²) in [5.41, 5.74) is 0.566. The van der Waals surface area contributed by atoms with Crippen molar-refractivity contribution in [2.75, 3.05) is 5.32 Å². The Morgan fingerprint density at radius 1 is 1.35 bits per heavy atom. The van der Waals surface area contributed by atoms with Crippen LogP contribution in [0.4, 0.5) is 10.5 Å². The molecule has 0 heterocycles. The molecule has 0 bridgehead atoms. The highest BCUT2D eigenvalue weighted by molar-refractivity contribution is 9.11. The number of urea groups is 1. The van der Waals surface area contributed by atoms with Crippen LogP contribution in [-0.2, 0) is 4.79 Å². The third-order valence-corrected chi connectivity index (χ3v) is 3.81. The second kappa shape index (κ2) is 8.26. The minimum Gasteiger partial charge on any atom is -0.480 e. The number of halogens is 2. The zero-order valence-electron chi connectivity index (χ0n) is 11.0. The number of amides is 2. The van der Waals surface area contributed by atoms with E-state index in [1.807, 2.05) is 13.0 Å². The van der Waals surface area contributed by atoms with Crippen molar-refractivity contribution in [2.45, 2.75) is 32.2 Å². The quantitative estimate of drug-likeness (QED) is 0.667. The van der Waals surface area contributed by atoms with Crippen molar-refractivity contribution in [3.63, 3.8) is 0 Å². The monoisotopic (exact) mass is 406 g/mol. The van der Waals surface area contributed by atoms with Crippen molar-refractivity contribution < 1.29 is 14.7 Å². The molecule has 1 unspecified atom stereocenters. The van der Waals surface area contributed by atoms with Gasteiger partial charge in [0.15, 0.2) is 0 Å². The van der Waals surface area contributed by atoms with E-state index in [-0.39, 0.29) is 0 Å². The SMILES string of the molecule is CCCCC(NC(=O)Nc1cc(Br)ccc1Br)C(=O)O. The van der Waals surface area contributed by atoms with Gasteiger partial charge in [0.1, 0.15) is 6.04 Å². The van der Waals surface area contributed by atoms with Crippen LogP contribution < -0.4 is 10.6 Å². The van der Waals surface area contributed by atoms with E-state index in [1.165, 1.54) is 0 Å². The van der Waals surface area contributed by atoms with E-state index in [0.717, 1.165) is 21.8 Å². The summed E-state index contributed by atoms with van der Waals surface area (Å²) in [6.45, 7) is 1.97. The van der Waals surface area contributed by atoms with Gasteiger partial charge in [-0.15, -0.1) is 0 Å². The fourth-order valence-electron chi connectivity index (χ4n) is 1.58. The summed E-state index contributed by atoms with van der Waals surface area (Å²) < 4.78 is 1.54. The number of nitrogens with one attached hydrogen (secondary N) is 2. The predicted octanol–water partition coefficient (Wildman–Crippen LogP) is 3.98. The smallest absolute Gasteiger partial charge is 0.326 e. The summed E-state index contributed by atoms with van der Waals surface area (Å²) in [6, 6.07) is 3.93. The van der Waals surface area contributed by atoms with Gasteiger partial charge >= 0.3 is 12.0 Å². The predicted molar refractivity (Wildman–Crippen MR) is 84.9 cm³/mol. The molecule has 0 fully saturated rings. The van der Waals surface area contributed by atoms with Gasteiger partial charge in [0.25, 0.3) is 0 Å². The third kappa shape index (κ3) is 5.50. The van der Waals surface area contributed by atoms with Crippen LogP contribution in [0.1, 0.15) is 26.2 Å². The maximum Gasteiger partial charge on any atom is 0.326 e. The number of unbranched alkanes of at least 4 members (excludes halogenated alkanes) is 1. The Morgan fingerprint density at radius 3 is 2.65 bits per heavy atom. The Kier molecular flexibility index (Phi) is 7.01. The first kappa shape index (κ1) is 17.0. The maximum absolute atomic E-state index is 11.8. The number of carboxylic acid groups (broad SMARTS) is 1. The fourth-order valence-corrected chi connectivity index (χ4v) is 2.28. The molecule has 0 radical (unpaired) electrons. The number of hydrogen-bond acceptors (Lipinski definition) is 2. The van der Waals surface area contributed by atoms with E-state index < -0.39 is 18.0 Å². The second-order valence-corrected chi connectivity index (χ2v) is 6.03. The first-order valence-corrected chi connectivity index (χ1v) is 7.78. The number of rotatable bonds is 6. The zero-order valence-corrected chi connectivity index (χ0v) is 14.1. The van der Waals surface area contributed by atoms with Gasteiger partial charge in [0.05, 0.1) is 5.69 Å². The molecular weight excluding hydrogens is 392 g/mol. The van der Waals surface area contributed by atoms with Crippen molar-refractivity contribution in [1.29, 1.82) is 0 Å². The summed E-state index contributed by atoms with van der Waals surface area (Å²) in [4.78, 5) is 22.9.